The van der Waals surface area contributed by atoms with Crippen molar-refractivity contribution in [1.29, 1.82) is 0 Å². The number of alkyl halides is 3. The summed E-state index contributed by atoms with van der Waals surface area (Å²) in [7, 11) is 1.53. The van der Waals surface area contributed by atoms with Crippen molar-refractivity contribution in [2.24, 2.45) is 0 Å². The predicted octanol–water partition coefficient (Wildman–Crippen LogP) is 5.75. The van der Waals surface area contributed by atoms with Crippen molar-refractivity contribution in [3.8, 4) is 5.75 Å². The molecule has 0 spiro atoms. The quantitative estimate of drug-likeness (QED) is 0.357. The standard InChI is InChI=1S/C22H17F3N2O3S/c1-14(28)27(16-8-10-17(30-2)11-9-16)21-26-15(13-31-21)7-12-20(29)18-5-3-4-6-19(18)22(23,24)25/h3-13H,1-2H3. The van der Waals surface area contributed by atoms with Gasteiger partial charge in [-0.25, -0.2) is 4.98 Å². The van der Waals surface area contributed by atoms with E-state index in [1.54, 1.807) is 29.6 Å². The van der Waals surface area contributed by atoms with E-state index in [1.165, 1.54) is 48.5 Å². The van der Waals surface area contributed by atoms with Gasteiger partial charge in [-0.1, -0.05) is 18.2 Å². The zero-order chi connectivity index (χ0) is 22.6. The van der Waals surface area contributed by atoms with Crippen LogP contribution in [-0.4, -0.2) is 23.8 Å². The predicted molar refractivity (Wildman–Crippen MR) is 113 cm³/mol. The number of hydrogen-bond acceptors (Lipinski definition) is 5. The lowest BCUT2D eigenvalue weighted by atomic mass is 10.0. The van der Waals surface area contributed by atoms with Crippen molar-refractivity contribution in [2.45, 2.75) is 13.1 Å². The summed E-state index contributed by atoms with van der Waals surface area (Å²) in [6, 6.07) is 11.4. The fraction of sp³-hybridized carbons (Fsp3) is 0.136. The third-order valence-corrected chi connectivity index (χ3v) is 5.09. The molecule has 0 aliphatic heterocycles. The van der Waals surface area contributed by atoms with Crippen LogP contribution in [0.15, 0.2) is 60.0 Å². The molecular weight excluding hydrogens is 429 g/mol. The first-order valence-electron chi connectivity index (χ1n) is 8.99. The van der Waals surface area contributed by atoms with Crippen LogP contribution in [0.2, 0.25) is 0 Å². The highest BCUT2D eigenvalue weighted by molar-refractivity contribution is 7.14. The second-order valence-electron chi connectivity index (χ2n) is 6.35. The highest BCUT2D eigenvalue weighted by atomic mass is 32.1. The molecular formula is C22H17F3N2O3S. The number of carbonyl (C=O) groups excluding carboxylic acids is 2. The van der Waals surface area contributed by atoms with E-state index in [9.17, 15) is 22.8 Å². The maximum atomic E-state index is 13.1. The minimum Gasteiger partial charge on any atom is -0.497 e. The van der Waals surface area contributed by atoms with E-state index in [0.29, 0.717) is 22.3 Å². The van der Waals surface area contributed by atoms with Crippen LogP contribution < -0.4 is 9.64 Å². The Balaban J connectivity index is 1.84. The van der Waals surface area contributed by atoms with Gasteiger partial charge in [-0.2, -0.15) is 13.2 Å². The smallest absolute Gasteiger partial charge is 0.417 e. The Morgan fingerprint density at radius 2 is 1.77 bits per heavy atom. The van der Waals surface area contributed by atoms with Crippen molar-refractivity contribution < 1.29 is 27.5 Å². The number of ketones is 1. The molecule has 2 aromatic carbocycles. The Morgan fingerprint density at radius 3 is 2.39 bits per heavy atom. The Morgan fingerprint density at radius 1 is 1.10 bits per heavy atom. The summed E-state index contributed by atoms with van der Waals surface area (Å²) >= 11 is 1.17. The van der Waals surface area contributed by atoms with E-state index in [2.05, 4.69) is 4.98 Å². The van der Waals surface area contributed by atoms with Gasteiger partial charge in [-0.3, -0.25) is 14.5 Å². The molecule has 1 aromatic heterocycles. The first kappa shape index (κ1) is 22.2. The van der Waals surface area contributed by atoms with Gasteiger partial charge in [0.25, 0.3) is 0 Å². The average Bonchev–Trinajstić information content (AvgIpc) is 3.20. The average molecular weight is 446 g/mol. The van der Waals surface area contributed by atoms with Gasteiger partial charge in [0.05, 0.1) is 24.1 Å². The Bertz CT molecular complexity index is 1120. The van der Waals surface area contributed by atoms with Gasteiger partial charge in [0.1, 0.15) is 5.75 Å². The molecule has 0 unspecified atom stereocenters. The molecule has 0 aliphatic carbocycles. The number of benzene rings is 2. The number of carbonyl (C=O) groups is 2. The summed E-state index contributed by atoms with van der Waals surface area (Å²) in [5.41, 5.74) is -0.512. The molecule has 3 aromatic rings. The van der Waals surface area contributed by atoms with Gasteiger partial charge in [0.2, 0.25) is 5.91 Å². The first-order valence-corrected chi connectivity index (χ1v) is 9.87. The molecule has 31 heavy (non-hydrogen) atoms. The number of anilines is 2. The maximum Gasteiger partial charge on any atom is 0.417 e. The van der Waals surface area contributed by atoms with Gasteiger partial charge in [0, 0.05) is 17.9 Å². The molecule has 0 saturated carbocycles. The fourth-order valence-corrected chi connectivity index (χ4v) is 3.66. The van der Waals surface area contributed by atoms with E-state index in [0.717, 1.165) is 18.2 Å². The van der Waals surface area contributed by atoms with Crippen LogP contribution in [0.4, 0.5) is 24.0 Å². The SMILES string of the molecule is COc1ccc(N(C(C)=O)c2nc(C=CC(=O)c3ccccc3C(F)(F)F)cs2)cc1. The van der Waals surface area contributed by atoms with E-state index in [4.69, 9.17) is 4.74 Å². The van der Waals surface area contributed by atoms with Crippen LogP contribution in [0.25, 0.3) is 6.08 Å². The monoisotopic (exact) mass is 446 g/mol. The van der Waals surface area contributed by atoms with Gasteiger partial charge >= 0.3 is 6.18 Å². The third-order valence-electron chi connectivity index (χ3n) is 4.25. The summed E-state index contributed by atoms with van der Waals surface area (Å²) in [6.45, 7) is 1.39. The largest absolute Gasteiger partial charge is 0.497 e. The number of halogens is 3. The Hall–Kier alpha value is -3.46. The van der Waals surface area contributed by atoms with Crippen LogP contribution in [0.5, 0.6) is 5.75 Å². The normalized spacial score (nSPS) is 11.5. The lowest BCUT2D eigenvalue weighted by Gasteiger charge is -2.18. The molecule has 160 valence electrons. The molecule has 0 saturated heterocycles. The van der Waals surface area contributed by atoms with Crippen molar-refractivity contribution >= 4 is 39.9 Å². The second-order valence-corrected chi connectivity index (χ2v) is 7.18. The van der Waals surface area contributed by atoms with Crippen LogP contribution in [0.1, 0.15) is 28.5 Å². The molecule has 1 amide bonds. The molecule has 3 rings (SSSR count). The van der Waals surface area contributed by atoms with Gasteiger partial charge in [0.15, 0.2) is 10.9 Å². The van der Waals surface area contributed by atoms with E-state index >= 15 is 0 Å². The minimum absolute atomic E-state index is 0.273. The molecule has 9 heteroatoms. The van der Waals surface area contributed by atoms with Crippen molar-refractivity contribution in [2.75, 3.05) is 12.0 Å². The zero-order valence-corrected chi connectivity index (χ0v) is 17.3. The van der Waals surface area contributed by atoms with Crippen LogP contribution in [0, 0.1) is 0 Å². The highest BCUT2D eigenvalue weighted by Crippen LogP contribution is 2.33. The number of methoxy groups -OCH3 is 1. The van der Waals surface area contributed by atoms with Crippen LogP contribution in [-0.2, 0) is 11.0 Å². The summed E-state index contributed by atoms with van der Waals surface area (Å²) in [5, 5.41) is 1.97. The number of thiazole rings is 1. The molecule has 1 heterocycles. The molecule has 0 radical (unpaired) electrons. The summed E-state index contributed by atoms with van der Waals surface area (Å²) in [5.74, 6) is -0.432. The van der Waals surface area contributed by atoms with E-state index < -0.39 is 23.1 Å². The van der Waals surface area contributed by atoms with Crippen molar-refractivity contribution in [3.05, 3.63) is 76.8 Å². The number of allylic oxidation sites excluding steroid dienone is 1. The highest BCUT2D eigenvalue weighted by Gasteiger charge is 2.34. The molecule has 0 aliphatic rings. The lowest BCUT2D eigenvalue weighted by molar-refractivity contribution is -0.137. The second kappa shape index (κ2) is 9.13. The summed E-state index contributed by atoms with van der Waals surface area (Å²) in [6.07, 6.45) is -2.27. The van der Waals surface area contributed by atoms with Crippen molar-refractivity contribution in [1.82, 2.24) is 4.98 Å². The zero-order valence-electron chi connectivity index (χ0n) is 16.5. The Kier molecular flexibility index (Phi) is 6.55. The lowest BCUT2D eigenvalue weighted by Crippen LogP contribution is -2.22. The number of aromatic nitrogens is 1. The number of amides is 1. The number of nitrogens with zero attached hydrogens (tertiary/aromatic N) is 2. The third kappa shape index (κ3) is 5.18. The molecule has 0 fully saturated rings. The first-order chi connectivity index (χ1) is 14.7. The van der Waals surface area contributed by atoms with Gasteiger partial charge in [-0.05, 0) is 42.5 Å². The maximum absolute atomic E-state index is 13.1. The number of rotatable bonds is 6. The van der Waals surface area contributed by atoms with Gasteiger partial charge < -0.3 is 4.74 Å². The van der Waals surface area contributed by atoms with Crippen LogP contribution >= 0.6 is 11.3 Å². The fourth-order valence-electron chi connectivity index (χ4n) is 2.81. The molecule has 0 bridgehead atoms. The minimum atomic E-state index is -4.63. The van der Waals surface area contributed by atoms with Crippen molar-refractivity contribution in [3.63, 3.8) is 0 Å². The number of hydrogen-bond donors (Lipinski definition) is 0. The van der Waals surface area contributed by atoms with Crippen LogP contribution in [0.3, 0.4) is 0 Å². The molecule has 0 atom stereocenters. The van der Waals surface area contributed by atoms with E-state index in [-0.39, 0.29) is 5.91 Å². The Labute approximate surface area is 180 Å². The summed E-state index contributed by atoms with van der Waals surface area (Å²) in [4.78, 5) is 30.2. The molecule has 5 nitrogen and oxygen atoms in total. The summed E-state index contributed by atoms with van der Waals surface area (Å²) < 4.78 is 44.5. The van der Waals surface area contributed by atoms with E-state index in [1.807, 2.05) is 0 Å². The topological polar surface area (TPSA) is 59.5 Å². The van der Waals surface area contributed by atoms with Gasteiger partial charge in [-0.15, -0.1) is 11.3 Å². The molecule has 0 N–H and O–H groups in total. The number of ether oxygens (including phenoxy) is 1.